The Hall–Kier alpha value is -5.50. The van der Waals surface area contributed by atoms with Crippen LogP contribution in [0, 0.1) is 0 Å². The Kier molecular flexibility index (Phi) is 6.33. The molecule has 2 N–H and O–H groups in total. The summed E-state index contributed by atoms with van der Waals surface area (Å²) >= 11 is 0. The molecule has 8 heteroatoms. The van der Waals surface area contributed by atoms with Crippen LogP contribution < -0.4 is 15.4 Å². The van der Waals surface area contributed by atoms with E-state index in [4.69, 9.17) is 14.7 Å². The van der Waals surface area contributed by atoms with Crippen LogP contribution in [0.5, 0.6) is 11.5 Å². The number of rotatable bonds is 8. The van der Waals surface area contributed by atoms with E-state index < -0.39 is 0 Å². The summed E-state index contributed by atoms with van der Waals surface area (Å²) < 4.78 is 7.88. The van der Waals surface area contributed by atoms with E-state index >= 15 is 0 Å². The molecule has 0 spiro atoms. The number of fused-ring (bicyclic) bond motifs is 1. The summed E-state index contributed by atoms with van der Waals surface area (Å²) in [6, 6.07) is 35.0. The average Bonchev–Trinajstić information content (AvgIpc) is 3.73. The van der Waals surface area contributed by atoms with Gasteiger partial charge in [0.25, 0.3) is 5.91 Å². The molecule has 0 bridgehead atoms. The van der Waals surface area contributed by atoms with Crippen LogP contribution in [0.4, 0.5) is 11.5 Å². The van der Waals surface area contributed by atoms with Crippen LogP contribution in [0.1, 0.15) is 23.2 Å². The smallest absolute Gasteiger partial charge is 0.251 e. The Morgan fingerprint density at radius 1 is 0.780 bits per heavy atom. The molecule has 1 fully saturated rings. The number of para-hydroxylation sites is 2. The fourth-order valence-electron chi connectivity index (χ4n) is 4.53. The summed E-state index contributed by atoms with van der Waals surface area (Å²) in [4.78, 5) is 26.9. The van der Waals surface area contributed by atoms with Crippen molar-refractivity contribution in [2.24, 2.45) is 0 Å². The first-order valence-corrected chi connectivity index (χ1v) is 13.5. The minimum absolute atomic E-state index is 0.0559. The van der Waals surface area contributed by atoms with Crippen molar-refractivity contribution in [3.63, 3.8) is 0 Å². The molecule has 6 aromatic rings. The first-order valence-electron chi connectivity index (χ1n) is 13.5. The van der Waals surface area contributed by atoms with Gasteiger partial charge in [0.15, 0.2) is 22.8 Å². The fourth-order valence-corrected chi connectivity index (χ4v) is 4.53. The predicted molar refractivity (Wildman–Crippen MR) is 159 cm³/mol. The molecule has 1 amide bonds. The number of nitrogens with zero attached hydrogens (tertiary/aromatic N) is 4. The number of nitrogens with one attached hydrogen (secondary N) is 2. The van der Waals surface area contributed by atoms with Crippen molar-refractivity contribution in [1.29, 1.82) is 0 Å². The van der Waals surface area contributed by atoms with Crippen molar-refractivity contribution < 1.29 is 9.53 Å². The molecule has 1 aliphatic rings. The van der Waals surface area contributed by atoms with Crippen molar-refractivity contribution >= 4 is 28.6 Å². The van der Waals surface area contributed by atoms with Gasteiger partial charge in [-0.05, 0) is 73.5 Å². The van der Waals surface area contributed by atoms with Crippen molar-refractivity contribution in [3.05, 3.63) is 121 Å². The molecule has 0 saturated heterocycles. The molecule has 4 aromatic carbocycles. The topological polar surface area (TPSA) is 94.0 Å². The lowest BCUT2D eigenvalue weighted by Crippen LogP contribution is -2.25. The molecule has 0 unspecified atom stereocenters. The van der Waals surface area contributed by atoms with Crippen LogP contribution in [0.25, 0.3) is 28.2 Å². The molecule has 7 rings (SSSR count). The summed E-state index contributed by atoms with van der Waals surface area (Å²) in [6.45, 7) is 0. The quantitative estimate of drug-likeness (QED) is 0.219. The van der Waals surface area contributed by atoms with E-state index in [1.54, 1.807) is 6.33 Å². The second kappa shape index (κ2) is 10.6. The molecule has 0 radical (unpaired) electrons. The highest BCUT2D eigenvalue weighted by molar-refractivity contribution is 5.95. The molecule has 200 valence electrons. The van der Waals surface area contributed by atoms with Gasteiger partial charge in [0, 0.05) is 28.5 Å². The van der Waals surface area contributed by atoms with Crippen molar-refractivity contribution in [1.82, 2.24) is 24.8 Å². The van der Waals surface area contributed by atoms with Gasteiger partial charge in [-0.15, -0.1) is 0 Å². The van der Waals surface area contributed by atoms with E-state index in [0.717, 1.165) is 41.3 Å². The van der Waals surface area contributed by atoms with Crippen LogP contribution in [-0.2, 0) is 0 Å². The highest BCUT2D eigenvalue weighted by atomic mass is 16.5. The number of imidazole rings is 1. The van der Waals surface area contributed by atoms with Crippen LogP contribution in [0.2, 0.25) is 0 Å². The molecule has 8 nitrogen and oxygen atoms in total. The molecule has 41 heavy (non-hydrogen) atoms. The number of anilines is 2. The lowest BCUT2D eigenvalue weighted by Gasteiger charge is -2.11. The highest BCUT2D eigenvalue weighted by Crippen LogP contribution is 2.30. The molecular weight excluding hydrogens is 512 g/mol. The van der Waals surface area contributed by atoms with Crippen LogP contribution >= 0.6 is 0 Å². The highest BCUT2D eigenvalue weighted by Gasteiger charge is 2.24. The van der Waals surface area contributed by atoms with Gasteiger partial charge in [0.2, 0.25) is 0 Å². The van der Waals surface area contributed by atoms with Crippen molar-refractivity contribution in [2.45, 2.75) is 18.9 Å². The van der Waals surface area contributed by atoms with E-state index in [1.165, 1.54) is 0 Å². The summed E-state index contributed by atoms with van der Waals surface area (Å²) in [5, 5.41) is 6.45. The molecule has 0 aliphatic heterocycles. The van der Waals surface area contributed by atoms with Gasteiger partial charge >= 0.3 is 0 Å². The number of carbonyl (C=O) groups is 1. The van der Waals surface area contributed by atoms with Gasteiger partial charge in [-0.1, -0.05) is 48.5 Å². The van der Waals surface area contributed by atoms with Crippen LogP contribution in [0.3, 0.4) is 0 Å². The maximum atomic E-state index is 12.5. The first-order chi connectivity index (χ1) is 20.2. The lowest BCUT2D eigenvalue weighted by molar-refractivity contribution is 0.0951. The molecule has 1 aliphatic carbocycles. The number of benzene rings is 4. The Morgan fingerprint density at radius 2 is 1.46 bits per heavy atom. The van der Waals surface area contributed by atoms with E-state index in [9.17, 15) is 4.79 Å². The monoisotopic (exact) mass is 538 g/mol. The lowest BCUT2D eigenvalue weighted by atomic mass is 10.1. The maximum absolute atomic E-state index is 12.5. The maximum Gasteiger partial charge on any atom is 0.251 e. The van der Waals surface area contributed by atoms with Crippen molar-refractivity contribution in [3.8, 4) is 28.6 Å². The number of hydrogen-bond donors (Lipinski definition) is 2. The Morgan fingerprint density at radius 3 is 2.17 bits per heavy atom. The third-order valence-electron chi connectivity index (χ3n) is 6.84. The van der Waals surface area contributed by atoms with Crippen LogP contribution in [-0.4, -0.2) is 31.5 Å². The SMILES string of the molecule is O=C(NC1CC1)c1ccc(-c2nc(Nc3ccc(Oc4ccccc4)cc3)c3ncn(-c4ccccc4)c3n2)cc1. The van der Waals surface area contributed by atoms with Gasteiger partial charge < -0.3 is 15.4 Å². The third-order valence-corrected chi connectivity index (χ3v) is 6.84. The Labute approximate surface area is 236 Å². The van der Waals surface area contributed by atoms with Gasteiger partial charge in [-0.25, -0.2) is 15.0 Å². The number of hydrogen-bond acceptors (Lipinski definition) is 6. The minimum Gasteiger partial charge on any atom is -0.457 e. The van der Waals surface area contributed by atoms with Gasteiger partial charge in [0.05, 0.1) is 0 Å². The summed E-state index contributed by atoms with van der Waals surface area (Å²) in [6.07, 6.45) is 3.85. The van der Waals surface area contributed by atoms with E-state index in [1.807, 2.05) is 114 Å². The Bertz CT molecular complexity index is 1810. The number of carbonyl (C=O) groups excluding carboxylic acids is 1. The summed E-state index contributed by atoms with van der Waals surface area (Å²) in [7, 11) is 0. The summed E-state index contributed by atoms with van der Waals surface area (Å²) in [5.74, 6) is 2.55. The van der Waals surface area contributed by atoms with Gasteiger partial charge in [-0.3, -0.25) is 9.36 Å². The van der Waals surface area contributed by atoms with E-state index in [-0.39, 0.29) is 5.91 Å². The number of aromatic nitrogens is 4. The second-order valence-electron chi connectivity index (χ2n) is 9.91. The molecule has 1 saturated carbocycles. The van der Waals surface area contributed by atoms with E-state index in [2.05, 4.69) is 15.6 Å². The number of amides is 1. The summed E-state index contributed by atoms with van der Waals surface area (Å²) in [5.41, 5.74) is 4.50. The first kappa shape index (κ1) is 24.5. The number of ether oxygens (including phenoxy) is 1. The van der Waals surface area contributed by atoms with Crippen LogP contribution in [0.15, 0.2) is 116 Å². The van der Waals surface area contributed by atoms with Gasteiger partial charge in [-0.2, -0.15) is 0 Å². The van der Waals surface area contributed by atoms with Gasteiger partial charge in [0.1, 0.15) is 17.8 Å². The zero-order chi connectivity index (χ0) is 27.6. The predicted octanol–water partition coefficient (Wildman–Crippen LogP) is 6.91. The fraction of sp³-hybridized carbons (Fsp3) is 0.0909. The standard InChI is InChI=1S/C33H26N6O2/c40-33(36-25-15-16-25)23-13-11-22(12-14-23)30-37-31(29-32(38-30)39(21-34-29)26-7-3-1-4-8-26)35-24-17-19-28(20-18-24)41-27-9-5-2-6-10-27/h1-14,17-21,25H,15-16H2,(H,36,40)(H,35,37,38). The zero-order valence-electron chi connectivity index (χ0n) is 22.1. The normalized spacial score (nSPS) is 12.7. The molecule has 0 atom stereocenters. The molecule has 2 heterocycles. The van der Waals surface area contributed by atoms with E-state index in [0.29, 0.717) is 34.4 Å². The third kappa shape index (κ3) is 5.35. The average molecular weight is 539 g/mol. The van der Waals surface area contributed by atoms with Crippen molar-refractivity contribution in [2.75, 3.05) is 5.32 Å². The minimum atomic E-state index is -0.0559. The molecular formula is C33H26N6O2. The Balaban J connectivity index is 1.23. The second-order valence-corrected chi connectivity index (χ2v) is 9.91. The zero-order valence-corrected chi connectivity index (χ0v) is 22.1. The largest absolute Gasteiger partial charge is 0.457 e. The molecule has 2 aromatic heterocycles.